The number of aliphatic carboxylic acids is 2. The van der Waals surface area contributed by atoms with Crippen LogP contribution in [-0.4, -0.2) is 156 Å². The maximum atomic E-state index is 13.9. The Morgan fingerprint density at radius 1 is 0.522 bits per heavy atom. The van der Waals surface area contributed by atoms with Crippen molar-refractivity contribution in [2.45, 2.75) is 153 Å². The summed E-state index contributed by atoms with van der Waals surface area (Å²) >= 11 is 4.17. The molecule has 27 nitrogen and oxygen atoms in total. The Hall–Kier alpha value is -6.00. The van der Waals surface area contributed by atoms with Gasteiger partial charge in [0.2, 0.25) is 41.4 Å². The number of carboxylic acid groups (broad SMARTS) is 2. The molecule has 23 N–H and O–H groups in total. The van der Waals surface area contributed by atoms with Crippen molar-refractivity contribution in [1.82, 2.24) is 37.2 Å². The van der Waals surface area contributed by atoms with Crippen molar-refractivity contribution in [3.05, 3.63) is 0 Å². The second kappa shape index (κ2) is 35.2. The maximum Gasteiger partial charge on any atom is 0.326 e. The predicted molar refractivity (Wildman–Crippen MR) is 261 cm³/mol. The summed E-state index contributed by atoms with van der Waals surface area (Å²) in [7, 11) is 0. The van der Waals surface area contributed by atoms with Crippen molar-refractivity contribution in [1.29, 1.82) is 0 Å². The van der Waals surface area contributed by atoms with E-state index in [1.54, 1.807) is 13.8 Å². The van der Waals surface area contributed by atoms with Crippen LogP contribution in [0.1, 0.15) is 104 Å². The maximum absolute atomic E-state index is 13.9. The molecule has 0 aliphatic carbocycles. The zero-order chi connectivity index (χ0) is 52.6. The van der Waals surface area contributed by atoms with Gasteiger partial charge in [0, 0.05) is 25.3 Å². The molecule has 0 aromatic carbocycles. The molecule has 0 bridgehead atoms. The summed E-state index contributed by atoms with van der Waals surface area (Å²) in [5.74, 6) is -9.36. The first-order chi connectivity index (χ1) is 32.5. The minimum absolute atomic E-state index is 0.0312. The second-order valence-corrected chi connectivity index (χ2v) is 16.8. The highest BCUT2D eigenvalue weighted by Gasteiger charge is 2.34. The zero-order valence-corrected chi connectivity index (χ0v) is 40.8. The number of nitrogens with zero attached hydrogens (tertiary/aromatic N) is 2. The van der Waals surface area contributed by atoms with Gasteiger partial charge in [-0.25, -0.2) is 4.79 Å². The van der Waals surface area contributed by atoms with Crippen LogP contribution in [0.15, 0.2) is 9.98 Å². The summed E-state index contributed by atoms with van der Waals surface area (Å²) in [6.45, 7) is 5.58. The lowest BCUT2D eigenvalue weighted by Crippen LogP contribution is -2.60. The number of thiol groups is 1. The van der Waals surface area contributed by atoms with E-state index in [0.717, 1.165) is 0 Å². The van der Waals surface area contributed by atoms with Crippen molar-refractivity contribution in [2.75, 3.05) is 31.9 Å². The topological polar surface area (TPSA) is 485 Å². The molecule has 0 aliphatic rings. The standard InChI is InChI=1S/C41H78N16O11S/c1-4-22(2)31(57-36(64)27(15-16-30(58)59)53-33(61)24(44)11-9-19-49-40(45)46)38(66)51-23(3)32(60)52-25(12-5-7-17-42)34(62)54-26(13-6-8-18-43)35(63)56-29(21-69)37(65)55-28(39(67)68)14-10-20-50-41(47)48/h22-29,31,69H,4-21,42-44H2,1-3H3,(H,51,66)(H,52,60)(H,53,61)(H,54,62)(H,55,65)(H,56,63)(H,57,64)(H,58,59)(H,67,68)(H4,45,46,49)(H4,47,48,50)/t22-,23-,24-,25-,26-,27-,28-,29-,31-/m0/s1. The quantitative estimate of drug-likeness (QED) is 0.0120. The van der Waals surface area contributed by atoms with Crippen molar-refractivity contribution >= 4 is 77.8 Å². The molecule has 0 heterocycles. The summed E-state index contributed by atoms with van der Waals surface area (Å²) in [5, 5.41) is 36.7. The van der Waals surface area contributed by atoms with Gasteiger partial charge in [0.25, 0.3) is 0 Å². The second-order valence-electron chi connectivity index (χ2n) is 16.4. The Balaban J connectivity index is 6.20. The molecule has 394 valence electrons. The lowest BCUT2D eigenvalue weighted by Gasteiger charge is -2.28. The van der Waals surface area contributed by atoms with E-state index in [1.165, 1.54) is 6.92 Å². The molecule has 7 amide bonds. The fraction of sp³-hybridized carbons (Fsp3) is 0.732. The van der Waals surface area contributed by atoms with Crippen LogP contribution in [0, 0.1) is 5.92 Å². The van der Waals surface area contributed by atoms with Crippen molar-refractivity contribution < 1.29 is 53.4 Å². The molecular formula is C41H78N16O11S. The fourth-order valence-electron chi connectivity index (χ4n) is 6.38. The van der Waals surface area contributed by atoms with Gasteiger partial charge in [-0.3, -0.25) is 48.3 Å². The number of rotatable bonds is 37. The number of hydrogen-bond donors (Lipinski definition) is 17. The van der Waals surface area contributed by atoms with Gasteiger partial charge in [-0.2, -0.15) is 12.6 Å². The summed E-state index contributed by atoms with van der Waals surface area (Å²) in [6, 6.07) is -10.3. The van der Waals surface area contributed by atoms with Gasteiger partial charge in [0.15, 0.2) is 11.9 Å². The van der Waals surface area contributed by atoms with E-state index >= 15 is 0 Å². The van der Waals surface area contributed by atoms with Crippen molar-refractivity contribution in [3.63, 3.8) is 0 Å². The number of hydrogen-bond acceptors (Lipinski definition) is 15. The lowest BCUT2D eigenvalue weighted by molar-refractivity contribution is -0.142. The molecule has 0 saturated heterocycles. The van der Waals surface area contributed by atoms with Crippen LogP contribution < -0.4 is 77.4 Å². The summed E-state index contributed by atoms with van der Waals surface area (Å²) in [5.41, 5.74) is 38.6. The SMILES string of the molecule is CC[C@H](C)[C@H](NC(=O)[C@H](CCC(=O)O)NC(=O)[C@@H](N)CCCN=C(N)N)C(=O)N[C@@H](C)C(=O)N[C@@H](CCCCN)C(=O)N[C@@H](CCCCN)C(=O)N[C@@H](CS)C(=O)N[C@@H](CCCN=C(N)N)C(=O)O. The van der Waals surface area contributed by atoms with Gasteiger partial charge in [-0.1, -0.05) is 20.3 Å². The molecule has 0 aromatic rings. The van der Waals surface area contributed by atoms with Gasteiger partial charge in [-0.15, -0.1) is 0 Å². The van der Waals surface area contributed by atoms with Crippen molar-refractivity contribution in [3.8, 4) is 0 Å². The molecular weight excluding hydrogens is 925 g/mol. The molecule has 69 heavy (non-hydrogen) atoms. The predicted octanol–water partition coefficient (Wildman–Crippen LogP) is -4.98. The number of nitrogens with one attached hydrogen (secondary N) is 7. The fourth-order valence-corrected chi connectivity index (χ4v) is 6.64. The van der Waals surface area contributed by atoms with E-state index in [4.69, 9.17) is 40.1 Å². The number of carboxylic acids is 2. The van der Waals surface area contributed by atoms with E-state index in [0.29, 0.717) is 38.5 Å². The number of nitrogens with two attached hydrogens (primary N) is 7. The van der Waals surface area contributed by atoms with Crippen LogP contribution in [0.25, 0.3) is 0 Å². The molecule has 0 fully saturated rings. The summed E-state index contributed by atoms with van der Waals surface area (Å²) in [4.78, 5) is 126. The number of carbonyl (C=O) groups excluding carboxylic acids is 7. The minimum Gasteiger partial charge on any atom is -0.481 e. The largest absolute Gasteiger partial charge is 0.481 e. The number of carbonyl (C=O) groups is 9. The Morgan fingerprint density at radius 3 is 1.41 bits per heavy atom. The monoisotopic (exact) mass is 1000 g/mol. The summed E-state index contributed by atoms with van der Waals surface area (Å²) in [6.07, 6.45) is 1.94. The van der Waals surface area contributed by atoms with Crippen LogP contribution in [0.5, 0.6) is 0 Å². The first-order valence-electron chi connectivity index (χ1n) is 23.0. The number of unbranched alkanes of at least 4 members (excludes halogenated alkanes) is 2. The molecule has 0 saturated carbocycles. The highest BCUT2D eigenvalue weighted by molar-refractivity contribution is 7.80. The highest BCUT2D eigenvalue weighted by Crippen LogP contribution is 2.12. The average molecular weight is 1000 g/mol. The van der Waals surface area contributed by atoms with Gasteiger partial charge in [-0.05, 0) is 96.6 Å². The molecule has 9 atom stereocenters. The van der Waals surface area contributed by atoms with Gasteiger partial charge >= 0.3 is 11.9 Å². The summed E-state index contributed by atoms with van der Waals surface area (Å²) < 4.78 is 0. The van der Waals surface area contributed by atoms with Gasteiger partial charge in [0.05, 0.1) is 6.04 Å². The van der Waals surface area contributed by atoms with E-state index in [2.05, 4.69) is 59.8 Å². The Morgan fingerprint density at radius 2 is 0.942 bits per heavy atom. The van der Waals surface area contributed by atoms with Crippen LogP contribution >= 0.6 is 12.6 Å². The highest BCUT2D eigenvalue weighted by atomic mass is 32.1. The van der Waals surface area contributed by atoms with E-state index in [-0.39, 0.29) is 82.4 Å². The number of aliphatic imine (C=N–C) groups is 2. The van der Waals surface area contributed by atoms with Crippen LogP contribution in [-0.2, 0) is 43.2 Å². The van der Waals surface area contributed by atoms with Crippen molar-refractivity contribution in [2.24, 2.45) is 56.0 Å². The number of guanidine groups is 2. The number of amides is 7. The molecule has 0 aromatic heterocycles. The molecule has 0 unspecified atom stereocenters. The van der Waals surface area contributed by atoms with E-state index in [1.807, 2.05) is 0 Å². The first-order valence-corrected chi connectivity index (χ1v) is 23.6. The first kappa shape index (κ1) is 63.0. The molecule has 0 radical (unpaired) electrons. The normalized spacial score (nSPS) is 14.8. The average Bonchev–Trinajstić information content (AvgIpc) is 3.29. The van der Waals surface area contributed by atoms with E-state index in [9.17, 15) is 53.4 Å². The molecule has 28 heteroatoms. The molecule has 0 spiro atoms. The molecule has 0 aliphatic heterocycles. The van der Waals surface area contributed by atoms with Crippen LogP contribution in [0.3, 0.4) is 0 Å². The lowest BCUT2D eigenvalue weighted by atomic mass is 9.97. The third-order valence-electron chi connectivity index (χ3n) is 10.7. The van der Waals surface area contributed by atoms with E-state index < -0.39 is 114 Å². The zero-order valence-electron chi connectivity index (χ0n) is 39.9. The van der Waals surface area contributed by atoms with Gasteiger partial charge < -0.3 is 87.6 Å². The molecule has 0 rings (SSSR count). The Labute approximate surface area is 408 Å². The smallest absolute Gasteiger partial charge is 0.326 e. The Kier molecular flexibility index (Phi) is 32.1. The van der Waals surface area contributed by atoms with Gasteiger partial charge in [0.1, 0.15) is 42.3 Å². The third-order valence-corrected chi connectivity index (χ3v) is 11.0. The third kappa shape index (κ3) is 27.0. The van der Waals surface area contributed by atoms with Crippen LogP contribution in [0.2, 0.25) is 0 Å². The van der Waals surface area contributed by atoms with Crippen LogP contribution in [0.4, 0.5) is 0 Å². The minimum atomic E-state index is -1.41. The Bertz CT molecular complexity index is 1730.